The van der Waals surface area contributed by atoms with Gasteiger partial charge in [-0.15, -0.1) is 12.6 Å². The molecule has 1 aliphatic heterocycles. The fraction of sp³-hybridized carbons (Fsp3) is 0.167. The third kappa shape index (κ3) is 1.93. The smallest absolute Gasteiger partial charge is 0.256 e. The fourth-order valence-electron chi connectivity index (χ4n) is 2.19. The first-order valence-electron chi connectivity index (χ1n) is 5.55. The van der Waals surface area contributed by atoms with Gasteiger partial charge >= 0.3 is 0 Å². The molecule has 0 spiro atoms. The molecule has 19 heavy (non-hydrogen) atoms. The van der Waals surface area contributed by atoms with Crippen LogP contribution < -0.4 is 4.90 Å². The zero-order valence-electron chi connectivity index (χ0n) is 9.84. The zero-order valence-corrected chi connectivity index (χ0v) is 12.2. The Morgan fingerprint density at radius 2 is 1.89 bits per heavy atom. The van der Waals surface area contributed by atoms with Gasteiger partial charge in [0.1, 0.15) is 6.04 Å². The Balaban J connectivity index is 2.17. The SMILES string of the molecule is CC1C(=O)N(c2cc(Cl)cc(Cl)c2)c2ncc(S)n21. The van der Waals surface area contributed by atoms with E-state index < -0.39 is 0 Å². The lowest BCUT2D eigenvalue weighted by atomic mass is 10.2. The molecule has 4 nitrogen and oxygen atoms in total. The number of fused-ring (bicyclic) bond motifs is 1. The van der Waals surface area contributed by atoms with Gasteiger partial charge in [-0.2, -0.15) is 0 Å². The summed E-state index contributed by atoms with van der Waals surface area (Å²) in [4.78, 5) is 18.1. The van der Waals surface area contributed by atoms with Gasteiger partial charge < -0.3 is 0 Å². The number of rotatable bonds is 1. The van der Waals surface area contributed by atoms with E-state index in [1.165, 1.54) is 4.90 Å². The van der Waals surface area contributed by atoms with Crippen molar-refractivity contribution >= 4 is 53.4 Å². The molecule has 0 radical (unpaired) electrons. The monoisotopic (exact) mass is 313 g/mol. The van der Waals surface area contributed by atoms with Crippen LogP contribution >= 0.6 is 35.8 Å². The van der Waals surface area contributed by atoms with E-state index in [2.05, 4.69) is 17.6 Å². The van der Waals surface area contributed by atoms with Gasteiger partial charge in [0, 0.05) is 10.0 Å². The molecule has 1 atom stereocenters. The molecule has 98 valence electrons. The highest BCUT2D eigenvalue weighted by Crippen LogP contribution is 2.39. The quantitative estimate of drug-likeness (QED) is 0.815. The van der Waals surface area contributed by atoms with Gasteiger partial charge in [0.15, 0.2) is 0 Å². The third-order valence-electron chi connectivity index (χ3n) is 3.03. The van der Waals surface area contributed by atoms with Crippen LogP contribution in [0.4, 0.5) is 11.6 Å². The molecule has 1 amide bonds. The second kappa shape index (κ2) is 4.44. The van der Waals surface area contributed by atoms with Crippen LogP contribution in [0.2, 0.25) is 10.0 Å². The predicted molar refractivity (Wildman–Crippen MR) is 77.8 cm³/mol. The van der Waals surface area contributed by atoms with Crippen molar-refractivity contribution in [2.75, 3.05) is 4.90 Å². The first-order chi connectivity index (χ1) is 8.99. The molecule has 0 aliphatic carbocycles. The molecule has 1 aliphatic rings. The van der Waals surface area contributed by atoms with Crippen LogP contribution in [0.5, 0.6) is 0 Å². The molecular weight excluding hydrogens is 305 g/mol. The minimum Gasteiger partial charge on any atom is -0.292 e. The topological polar surface area (TPSA) is 38.1 Å². The summed E-state index contributed by atoms with van der Waals surface area (Å²) in [6, 6.07) is 4.64. The van der Waals surface area contributed by atoms with Crippen LogP contribution in [0.25, 0.3) is 0 Å². The van der Waals surface area contributed by atoms with Crippen LogP contribution in [0.3, 0.4) is 0 Å². The van der Waals surface area contributed by atoms with E-state index in [4.69, 9.17) is 23.2 Å². The first kappa shape index (κ1) is 12.8. The standard InChI is InChI=1S/C12H9Cl2N3OS/c1-6-11(18)17(12-15-5-10(19)16(6)12)9-3-7(13)2-8(14)4-9/h2-6,19H,1H3. The molecule has 1 aromatic carbocycles. The summed E-state index contributed by atoms with van der Waals surface area (Å²) in [5, 5.41) is 1.59. The van der Waals surface area contributed by atoms with Crippen molar-refractivity contribution in [3.63, 3.8) is 0 Å². The van der Waals surface area contributed by atoms with Crippen molar-refractivity contribution in [3.05, 3.63) is 34.4 Å². The van der Waals surface area contributed by atoms with E-state index in [-0.39, 0.29) is 11.9 Å². The number of anilines is 2. The summed E-state index contributed by atoms with van der Waals surface area (Å²) in [7, 11) is 0. The van der Waals surface area contributed by atoms with Gasteiger partial charge in [-0.25, -0.2) is 9.88 Å². The van der Waals surface area contributed by atoms with Gasteiger partial charge in [0.25, 0.3) is 5.91 Å². The Morgan fingerprint density at radius 1 is 1.26 bits per heavy atom. The van der Waals surface area contributed by atoms with Crippen molar-refractivity contribution in [2.45, 2.75) is 18.0 Å². The van der Waals surface area contributed by atoms with Crippen LogP contribution in [0.15, 0.2) is 29.4 Å². The maximum absolute atomic E-state index is 12.3. The maximum Gasteiger partial charge on any atom is 0.256 e. The molecular formula is C12H9Cl2N3OS. The summed E-state index contributed by atoms with van der Waals surface area (Å²) in [5.41, 5.74) is 0.604. The van der Waals surface area contributed by atoms with E-state index >= 15 is 0 Å². The zero-order chi connectivity index (χ0) is 13.7. The molecule has 0 saturated heterocycles. The lowest BCUT2D eigenvalue weighted by molar-refractivity contribution is -0.119. The van der Waals surface area contributed by atoms with Gasteiger partial charge in [0.2, 0.25) is 5.95 Å². The number of benzene rings is 1. The average Bonchev–Trinajstić information content (AvgIpc) is 2.80. The number of nitrogens with zero attached hydrogens (tertiary/aromatic N) is 3. The van der Waals surface area contributed by atoms with Gasteiger partial charge in [-0.1, -0.05) is 23.2 Å². The Hall–Kier alpha value is -1.17. The minimum atomic E-state index is -0.345. The van der Waals surface area contributed by atoms with E-state index in [1.807, 2.05) is 0 Å². The van der Waals surface area contributed by atoms with E-state index in [1.54, 1.807) is 35.9 Å². The van der Waals surface area contributed by atoms with Crippen LogP contribution in [0, 0.1) is 0 Å². The largest absolute Gasteiger partial charge is 0.292 e. The number of carbonyl (C=O) groups is 1. The summed E-state index contributed by atoms with van der Waals surface area (Å²) in [6.07, 6.45) is 1.61. The molecule has 2 aromatic rings. The summed E-state index contributed by atoms with van der Waals surface area (Å²) < 4.78 is 1.76. The number of hydrogen-bond donors (Lipinski definition) is 1. The lowest BCUT2D eigenvalue weighted by Gasteiger charge is -2.15. The van der Waals surface area contributed by atoms with Crippen molar-refractivity contribution in [1.82, 2.24) is 9.55 Å². The molecule has 3 rings (SSSR count). The second-order valence-electron chi connectivity index (χ2n) is 4.26. The highest BCUT2D eigenvalue weighted by atomic mass is 35.5. The number of imidazole rings is 1. The summed E-state index contributed by atoms with van der Waals surface area (Å²) >= 11 is 16.3. The van der Waals surface area contributed by atoms with Gasteiger partial charge in [-0.3, -0.25) is 9.36 Å². The van der Waals surface area contributed by atoms with E-state index in [0.717, 1.165) is 0 Å². The number of amides is 1. The van der Waals surface area contributed by atoms with Crippen LogP contribution in [-0.2, 0) is 4.79 Å². The number of hydrogen-bond acceptors (Lipinski definition) is 3. The number of carbonyl (C=O) groups excluding carboxylic acids is 1. The molecule has 1 unspecified atom stereocenters. The maximum atomic E-state index is 12.3. The molecule has 0 fully saturated rings. The Bertz CT molecular complexity index is 665. The summed E-state index contributed by atoms with van der Waals surface area (Å²) in [6.45, 7) is 1.80. The Labute approximate surface area is 125 Å². The van der Waals surface area contributed by atoms with Gasteiger partial charge in [-0.05, 0) is 25.1 Å². The first-order valence-corrected chi connectivity index (χ1v) is 6.75. The molecule has 0 saturated carbocycles. The number of halogens is 2. The molecule has 0 N–H and O–H groups in total. The highest BCUT2D eigenvalue weighted by Gasteiger charge is 2.37. The highest BCUT2D eigenvalue weighted by molar-refractivity contribution is 7.80. The number of thiol groups is 1. The third-order valence-corrected chi connectivity index (χ3v) is 3.80. The Kier molecular flexibility index (Phi) is 3.00. The fourth-order valence-corrected chi connectivity index (χ4v) is 3.02. The number of aromatic nitrogens is 2. The van der Waals surface area contributed by atoms with Crippen molar-refractivity contribution in [2.24, 2.45) is 0 Å². The lowest BCUT2D eigenvalue weighted by Crippen LogP contribution is -2.23. The van der Waals surface area contributed by atoms with Crippen LogP contribution in [0.1, 0.15) is 13.0 Å². The van der Waals surface area contributed by atoms with E-state index in [9.17, 15) is 4.79 Å². The average molecular weight is 314 g/mol. The molecule has 1 aromatic heterocycles. The minimum absolute atomic E-state index is 0.0864. The Morgan fingerprint density at radius 3 is 2.53 bits per heavy atom. The van der Waals surface area contributed by atoms with Crippen LogP contribution in [-0.4, -0.2) is 15.5 Å². The van der Waals surface area contributed by atoms with Crippen molar-refractivity contribution in [3.8, 4) is 0 Å². The molecule has 2 heterocycles. The second-order valence-corrected chi connectivity index (χ2v) is 5.59. The van der Waals surface area contributed by atoms with E-state index in [0.29, 0.717) is 26.7 Å². The van der Waals surface area contributed by atoms with Crippen molar-refractivity contribution in [1.29, 1.82) is 0 Å². The van der Waals surface area contributed by atoms with Gasteiger partial charge in [0.05, 0.1) is 16.9 Å². The molecule has 7 heteroatoms. The summed E-state index contributed by atoms with van der Waals surface area (Å²) in [5.74, 6) is 0.442. The normalized spacial score (nSPS) is 18.0. The predicted octanol–water partition coefficient (Wildman–Crippen LogP) is 3.72. The van der Waals surface area contributed by atoms with Crippen molar-refractivity contribution < 1.29 is 4.79 Å². The molecule has 0 bridgehead atoms.